The van der Waals surface area contributed by atoms with Crippen LogP contribution in [0.5, 0.6) is 0 Å². The van der Waals surface area contributed by atoms with Gasteiger partial charge in [0.2, 0.25) is 0 Å². The molecule has 0 unspecified atom stereocenters. The number of pyridine rings is 1. The molecule has 1 aromatic carbocycles. The highest BCUT2D eigenvalue weighted by atomic mass is 79.9. The summed E-state index contributed by atoms with van der Waals surface area (Å²) in [5.74, 6) is -0.324. The Morgan fingerprint density at radius 3 is 2.72 bits per heavy atom. The second kappa shape index (κ2) is 5.82. The number of benzene rings is 1. The van der Waals surface area contributed by atoms with E-state index in [1.807, 2.05) is 12.1 Å². The van der Waals surface area contributed by atoms with E-state index in [0.29, 0.717) is 22.4 Å². The van der Waals surface area contributed by atoms with Crippen LogP contribution in [0.2, 0.25) is 0 Å². The van der Waals surface area contributed by atoms with E-state index in [9.17, 15) is 4.39 Å². The normalized spacial score (nSPS) is 10.3. The molecular weight excluding hydrogens is 297 g/mol. The van der Waals surface area contributed by atoms with Crippen LogP contribution in [0.3, 0.4) is 0 Å². The zero-order chi connectivity index (χ0) is 13.0. The van der Waals surface area contributed by atoms with Crippen LogP contribution < -0.4 is 11.1 Å². The van der Waals surface area contributed by atoms with Gasteiger partial charge in [-0.05, 0) is 46.1 Å². The van der Waals surface area contributed by atoms with Crippen molar-refractivity contribution >= 4 is 27.3 Å². The molecule has 0 bridgehead atoms. The number of nitrogens with one attached hydrogen (secondary N) is 1. The van der Waals surface area contributed by atoms with E-state index in [-0.39, 0.29) is 5.82 Å². The predicted octanol–water partition coefficient (Wildman–Crippen LogP) is 3.22. The average Bonchev–Trinajstić information content (AvgIpc) is 2.37. The van der Waals surface area contributed by atoms with Crippen molar-refractivity contribution in [2.45, 2.75) is 6.42 Å². The summed E-state index contributed by atoms with van der Waals surface area (Å²) in [6.45, 7) is 0.690. The van der Waals surface area contributed by atoms with Crippen LogP contribution in [0, 0.1) is 5.82 Å². The van der Waals surface area contributed by atoms with Crippen molar-refractivity contribution in [1.29, 1.82) is 0 Å². The number of nitrogen functional groups attached to an aromatic ring is 1. The molecule has 2 rings (SSSR count). The third-order valence-electron chi connectivity index (χ3n) is 2.57. The Morgan fingerprint density at radius 1 is 1.28 bits per heavy atom. The minimum atomic E-state index is -0.324. The quantitative estimate of drug-likeness (QED) is 0.853. The largest absolute Gasteiger partial charge is 0.397 e. The first-order chi connectivity index (χ1) is 8.66. The highest BCUT2D eigenvalue weighted by molar-refractivity contribution is 9.10. The van der Waals surface area contributed by atoms with Gasteiger partial charge in [0.1, 0.15) is 5.82 Å². The van der Waals surface area contributed by atoms with E-state index in [0.717, 1.165) is 6.42 Å². The molecule has 3 N–H and O–H groups in total. The van der Waals surface area contributed by atoms with Gasteiger partial charge in [0, 0.05) is 25.0 Å². The number of hydrogen-bond acceptors (Lipinski definition) is 3. The SMILES string of the molecule is Nc1cc(Br)c(F)cc1NCCc1ccncc1. The smallest absolute Gasteiger partial charge is 0.139 e. The van der Waals surface area contributed by atoms with Gasteiger partial charge < -0.3 is 11.1 Å². The molecule has 1 aromatic heterocycles. The van der Waals surface area contributed by atoms with E-state index in [4.69, 9.17) is 5.73 Å². The van der Waals surface area contributed by atoms with Gasteiger partial charge in [-0.1, -0.05) is 0 Å². The van der Waals surface area contributed by atoms with Crippen molar-refractivity contribution in [1.82, 2.24) is 4.98 Å². The Labute approximate surface area is 113 Å². The van der Waals surface area contributed by atoms with Gasteiger partial charge >= 0.3 is 0 Å². The molecule has 0 spiro atoms. The van der Waals surface area contributed by atoms with E-state index >= 15 is 0 Å². The zero-order valence-corrected chi connectivity index (χ0v) is 11.2. The molecule has 2 aromatic rings. The molecule has 94 valence electrons. The van der Waals surface area contributed by atoms with Gasteiger partial charge in [0.05, 0.1) is 15.8 Å². The summed E-state index contributed by atoms with van der Waals surface area (Å²) in [5.41, 5.74) is 8.12. The van der Waals surface area contributed by atoms with Crippen LogP contribution in [-0.2, 0) is 6.42 Å². The Morgan fingerprint density at radius 2 is 2.00 bits per heavy atom. The van der Waals surface area contributed by atoms with Crippen LogP contribution in [0.15, 0.2) is 41.1 Å². The lowest BCUT2D eigenvalue weighted by Crippen LogP contribution is -2.07. The second-order valence-electron chi connectivity index (χ2n) is 3.89. The van der Waals surface area contributed by atoms with Gasteiger partial charge in [0.15, 0.2) is 0 Å². The molecule has 0 aliphatic carbocycles. The molecule has 18 heavy (non-hydrogen) atoms. The topological polar surface area (TPSA) is 50.9 Å². The zero-order valence-electron chi connectivity index (χ0n) is 9.66. The van der Waals surface area contributed by atoms with Gasteiger partial charge in [-0.3, -0.25) is 4.98 Å². The van der Waals surface area contributed by atoms with Crippen LogP contribution in [0.25, 0.3) is 0 Å². The van der Waals surface area contributed by atoms with Crippen LogP contribution in [0.1, 0.15) is 5.56 Å². The monoisotopic (exact) mass is 309 g/mol. The number of rotatable bonds is 4. The Balaban J connectivity index is 1.97. The minimum Gasteiger partial charge on any atom is -0.397 e. The Bertz CT molecular complexity index is 531. The van der Waals surface area contributed by atoms with Crippen molar-refractivity contribution in [3.63, 3.8) is 0 Å². The number of anilines is 2. The minimum absolute atomic E-state index is 0.324. The molecule has 3 nitrogen and oxygen atoms in total. The standard InChI is InChI=1S/C13H13BrFN3/c14-10-7-12(16)13(8-11(10)15)18-6-3-9-1-4-17-5-2-9/h1-2,4-5,7-8,18H,3,6,16H2. The molecule has 0 saturated carbocycles. The van der Waals surface area contributed by atoms with Crippen molar-refractivity contribution in [2.24, 2.45) is 0 Å². The van der Waals surface area contributed by atoms with Crippen molar-refractivity contribution in [3.05, 3.63) is 52.5 Å². The second-order valence-corrected chi connectivity index (χ2v) is 4.74. The maximum atomic E-state index is 13.4. The van der Waals surface area contributed by atoms with E-state index in [1.165, 1.54) is 11.6 Å². The van der Waals surface area contributed by atoms with E-state index in [1.54, 1.807) is 18.5 Å². The first-order valence-corrected chi connectivity index (χ1v) is 6.33. The van der Waals surface area contributed by atoms with Crippen molar-refractivity contribution in [3.8, 4) is 0 Å². The summed E-state index contributed by atoms with van der Waals surface area (Å²) >= 11 is 3.10. The molecule has 0 saturated heterocycles. The summed E-state index contributed by atoms with van der Waals surface area (Å²) in [5, 5.41) is 3.12. The molecule has 1 heterocycles. The fourth-order valence-corrected chi connectivity index (χ4v) is 1.97. The predicted molar refractivity (Wildman–Crippen MR) is 74.9 cm³/mol. The molecule has 0 radical (unpaired) electrons. The number of nitrogens with two attached hydrogens (primary N) is 1. The van der Waals surface area contributed by atoms with E-state index < -0.39 is 0 Å². The maximum absolute atomic E-state index is 13.4. The molecule has 0 amide bonds. The summed E-state index contributed by atoms with van der Waals surface area (Å²) in [6.07, 6.45) is 4.34. The van der Waals surface area contributed by atoms with Gasteiger partial charge in [-0.2, -0.15) is 0 Å². The first kappa shape index (κ1) is 12.8. The number of aromatic nitrogens is 1. The highest BCUT2D eigenvalue weighted by Crippen LogP contribution is 2.26. The Kier molecular flexibility index (Phi) is 4.15. The molecular formula is C13H13BrFN3. The molecule has 0 aliphatic heterocycles. The molecule has 5 heteroatoms. The fourth-order valence-electron chi connectivity index (χ4n) is 1.61. The van der Waals surface area contributed by atoms with Crippen LogP contribution in [0.4, 0.5) is 15.8 Å². The highest BCUT2D eigenvalue weighted by Gasteiger charge is 2.05. The fraction of sp³-hybridized carbons (Fsp3) is 0.154. The van der Waals surface area contributed by atoms with Gasteiger partial charge in [0.25, 0.3) is 0 Å². The Hall–Kier alpha value is -1.62. The summed E-state index contributed by atoms with van der Waals surface area (Å²) < 4.78 is 13.7. The van der Waals surface area contributed by atoms with Gasteiger partial charge in [-0.15, -0.1) is 0 Å². The average molecular weight is 310 g/mol. The van der Waals surface area contributed by atoms with Crippen LogP contribution in [-0.4, -0.2) is 11.5 Å². The van der Waals surface area contributed by atoms with Gasteiger partial charge in [-0.25, -0.2) is 4.39 Å². The summed E-state index contributed by atoms with van der Waals surface area (Å²) in [6, 6.07) is 6.86. The lowest BCUT2D eigenvalue weighted by atomic mass is 10.2. The maximum Gasteiger partial charge on any atom is 0.139 e. The first-order valence-electron chi connectivity index (χ1n) is 5.54. The summed E-state index contributed by atoms with van der Waals surface area (Å²) in [7, 11) is 0. The summed E-state index contributed by atoms with van der Waals surface area (Å²) in [4.78, 5) is 3.95. The number of halogens is 2. The molecule has 0 fully saturated rings. The van der Waals surface area contributed by atoms with Crippen molar-refractivity contribution in [2.75, 3.05) is 17.6 Å². The number of nitrogens with zero attached hydrogens (tertiary/aromatic N) is 1. The van der Waals surface area contributed by atoms with Crippen molar-refractivity contribution < 1.29 is 4.39 Å². The lowest BCUT2D eigenvalue weighted by Gasteiger charge is -2.10. The third-order valence-corrected chi connectivity index (χ3v) is 3.18. The third kappa shape index (κ3) is 3.20. The number of hydrogen-bond donors (Lipinski definition) is 2. The van der Waals surface area contributed by atoms with Crippen LogP contribution >= 0.6 is 15.9 Å². The van der Waals surface area contributed by atoms with E-state index in [2.05, 4.69) is 26.2 Å². The lowest BCUT2D eigenvalue weighted by molar-refractivity contribution is 0.622. The molecule has 0 atom stereocenters. The molecule has 0 aliphatic rings.